The Hall–Kier alpha value is -3.19. The maximum atomic E-state index is 14.0. The Labute approximate surface area is 178 Å². The van der Waals surface area contributed by atoms with Crippen molar-refractivity contribution < 1.29 is 14.0 Å². The molecule has 2 amide bonds. The molecule has 6 nitrogen and oxygen atoms in total. The Balaban J connectivity index is 1.61. The standard InChI is InChI=1S/C22H20ClFN4O2/c1-3-16-20(13-5-7-14(23)8-6-13)21-26-22(30)18(28(21)27-16)11-19(29)25-17-9-4-12(2)10-15(17)24/h4-10,18H,3,11H2,1-2H3,(H,25,29)(H,26,30). The summed E-state index contributed by atoms with van der Waals surface area (Å²) in [5.74, 6) is -0.752. The lowest BCUT2D eigenvalue weighted by atomic mass is 10.0. The highest BCUT2D eigenvalue weighted by Crippen LogP contribution is 2.39. The van der Waals surface area contributed by atoms with Gasteiger partial charge in [0.05, 0.1) is 17.8 Å². The molecule has 8 heteroatoms. The van der Waals surface area contributed by atoms with Crippen LogP contribution in [0.1, 0.15) is 30.6 Å². The molecule has 0 bridgehead atoms. The average molecular weight is 427 g/mol. The molecule has 0 spiro atoms. The zero-order valence-electron chi connectivity index (χ0n) is 16.5. The number of benzene rings is 2. The van der Waals surface area contributed by atoms with E-state index < -0.39 is 17.8 Å². The topological polar surface area (TPSA) is 76.0 Å². The van der Waals surface area contributed by atoms with Crippen molar-refractivity contribution in [1.29, 1.82) is 0 Å². The van der Waals surface area contributed by atoms with Gasteiger partial charge in [0.1, 0.15) is 17.7 Å². The summed E-state index contributed by atoms with van der Waals surface area (Å²) in [4.78, 5) is 25.1. The Morgan fingerprint density at radius 3 is 2.67 bits per heavy atom. The number of hydrogen-bond acceptors (Lipinski definition) is 3. The highest BCUT2D eigenvalue weighted by molar-refractivity contribution is 6.30. The number of halogens is 2. The van der Waals surface area contributed by atoms with Gasteiger partial charge < -0.3 is 10.6 Å². The van der Waals surface area contributed by atoms with Gasteiger partial charge in [-0.3, -0.25) is 9.59 Å². The van der Waals surface area contributed by atoms with E-state index in [1.165, 1.54) is 12.1 Å². The summed E-state index contributed by atoms with van der Waals surface area (Å²) in [6.45, 7) is 3.74. The smallest absolute Gasteiger partial charge is 0.251 e. The number of carbonyl (C=O) groups excluding carboxylic acids is 2. The molecule has 0 radical (unpaired) electrons. The zero-order valence-corrected chi connectivity index (χ0v) is 17.3. The fourth-order valence-corrected chi connectivity index (χ4v) is 3.71. The van der Waals surface area contributed by atoms with Gasteiger partial charge in [-0.2, -0.15) is 5.10 Å². The third-order valence-corrected chi connectivity index (χ3v) is 5.32. The lowest BCUT2D eigenvalue weighted by Gasteiger charge is -2.11. The molecule has 4 rings (SSSR count). The average Bonchev–Trinajstić information content (AvgIpc) is 3.20. The van der Waals surface area contributed by atoms with Crippen molar-refractivity contribution in [3.05, 3.63) is 64.6 Å². The third kappa shape index (κ3) is 3.68. The van der Waals surface area contributed by atoms with Crippen LogP contribution >= 0.6 is 11.6 Å². The van der Waals surface area contributed by atoms with E-state index in [4.69, 9.17) is 11.6 Å². The van der Waals surface area contributed by atoms with Crippen molar-refractivity contribution in [3.8, 4) is 11.1 Å². The fraction of sp³-hybridized carbons (Fsp3) is 0.227. The van der Waals surface area contributed by atoms with Crippen LogP contribution in [0.5, 0.6) is 0 Å². The summed E-state index contributed by atoms with van der Waals surface area (Å²) in [6.07, 6.45) is 0.498. The van der Waals surface area contributed by atoms with E-state index in [1.807, 2.05) is 19.1 Å². The van der Waals surface area contributed by atoms with Crippen molar-refractivity contribution in [3.63, 3.8) is 0 Å². The van der Waals surface area contributed by atoms with Gasteiger partial charge >= 0.3 is 0 Å². The van der Waals surface area contributed by atoms with Crippen LogP contribution in [-0.4, -0.2) is 21.6 Å². The minimum atomic E-state index is -0.806. The first-order chi connectivity index (χ1) is 14.4. The highest BCUT2D eigenvalue weighted by atomic mass is 35.5. The van der Waals surface area contributed by atoms with Crippen LogP contribution in [0.15, 0.2) is 42.5 Å². The molecule has 2 aromatic carbocycles. The summed E-state index contributed by atoms with van der Waals surface area (Å²) < 4.78 is 15.6. The highest BCUT2D eigenvalue weighted by Gasteiger charge is 2.36. The van der Waals surface area contributed by atoms with Crippen LogP contribution in [0.3, 0.4) is 0 Å². The number of aryl methyl sites for hydroxylation is 2. The number of nitrogens with one attached hydrogen (secondary N) is 2. The minimum Gasteiger partial charge on any atom is -0.324 e. The van der Waals surface area contributed by atoms with Crippen LogP contribution in [0.2, 0.25) is 5.02 Å². The maximum Gasteiger partial charge on any atom is 0.251 e. The number of hydrogen-bond donors (Lipinski definition) is 2. The first kappa shape index (κ1) is 20.1. The Morgan fingerprint density at radius 1 is 1.27 bits per heavy atom. The lowest BCUT2D eigenvalue weighted by molar-refractivity contribution is -0.123. The second-order valence-corrected chi connectivity index (χ2v) is 7.65. The molecule has 3 aromatic rings. The SMILES string of the molecule is CCc1nn2c(c1-c1ccc(Cl)cc1)NC(=O)C2CC(=O)Nc1ccc(C)cc1F. The molecule has 1 aromatic heterocycles. The maximum absolute atomic E-state index is 14.0. The summed E-state index contributed by atoms with van der Waals surface area (Å²) in [5.41, 5.74) is 3.34. The van der Waals surface area contributed by atoms with E-state index >= 15 is 0 Å². The van der Waals surface area contributed by atoms with Crippen molar-refractivity contribution in [2.45, 2.75) is 32.7 Å². The fourth-order valence-electron chi connectivity index (χ4n) is 3.58. The molecule has 0 fully saturated rings. The molecule has 0 saturated heterocycles. The minimum absolute atomic E-state index is 0.0841. The van der Waals surface area contributed by atoms with Crippen LogP contribution in [0.4, 0.5) is 15.9 Å². The second-order valence-electron chi connectivity index (χ2n) is 7.22. The van der Waals surface area contributed by atoms with E-state index in [-0.39, 0.29) is 18.0 Å². The summed E-state index contributed by atoms with van der Waals surface area (Å²) in [7, 11) is 0. The number of aromatic nitrogens is 2. The van der Waals surface area contributed by atoms with E-state index in [0.29, 0.717) is 17.3 Å². The van der Waals surface area contributed by atoms with Crippen LogP contribution < -0.4 is 10.6 Å². The van der Waals surface area contributed by atoms with Crippen molar-refractivity contribution >= 4 is 34.9 Å². The first-order valence-electron chi connectivity index (χ1n) is 9.61. The number of amides is 2. The molecule has 0 saturated carbocycles. The number of rotatable bonds is 5. The van der Waals surface area contributed by atoms with E-state index in [0.717, 1.165) is 22.4 Å². The molecule has 1 aliphatic heterocycles. The lowest BCUT2D eigenvalue weighted by Crippen LogP contribution is -2.24. The first-order valence-corrected chi connectivity index (χ1v) is 9.99. The number of nitrogens with zero attached hydrogens (tertiary/aromatic N) is 2. The Bertz CT molecular complexity index is 1140. The summed E-state index contributed by atoms with van der Waals surface area (Å²) in [5, 5.41) is 10.6. The molecule has 1 aliphatic rings. The van der Waals surface area contributed by atoms with Gasteiger partial charge in [0.25, 0.3) is 5.91 Å². The monoisotopic (exact) mass is 426 g/mol. The van der Waals surface area contributed by atoms with Crippen LogP contribution in [-0.2, 0) is 16.0 Å². The normalized spacial score (nSPS) is 15.1. The zero-order chi connectivity index (χ0) is 21.4. The van der Waals surface area contributed by atoms with E-state index in [9.17, 15) is 14.0 Å². The van der Waals surface area contributed by atoms with E-state index in [2.05, 4.69) is 15.7 Å². The van der Waals surface area contributed by atoms with Crippen molar-refractivity contribution in [1.82, 2.24) is 9.78 Å². The number of carbonyl (C=O) groups is 2. The van der Waals surface area contributed by atoms with E-state index in [1.54, 1.807) is 29.8 Å². The van der Waals surface area contributed by atoms with Gasteiger partial charge in [0, 0.05) is 10.6 Å². The summed E-state index contributed by atoms with van der Waals surface area (Å²) >= 11 is 5.99. The van der Waals surface area contributed by atoms with Gasteiger partial charge in [0.2, 0.25) is 5.91 Å². The molecule has 30 heavy (non-hydrogen) atoms. The molecule has 2 heterocycles. The Morgan fingerprint density at radius 2 is 2.00 bits per heavy atom. The molecule has 2 N–H and O–H groups in total. The van der Waals surface area contributed by atoms with Crippen LogP contribution in [0, 0.1) is 12.7 Å². The van der Waals surface area contributed by atoms with Crippen molar-refractivity contribution in [2.24, 2.45) is 0 Å². The van der Waals surface area contributed by atoms with Gasteiger partial charge in [0.15, 0.2) is 0 Å². The van der Waals surface area contributed by atoms with Gasteiger partial charge in [-0.25, -0.2) is 9.07 Å². The molecule has 0 aliphatic carbocycles. The largest absolute Gasteiger partial charge is 0.324 e. The molecular formula is C22H20ClFN4O2. The predicted octanol–water partition coefficient (Wildman–Crippen LogP) is 4.74. The van der Waals surface area contributed by atoms with Gasteiger partial charge in [-0.05, 0) is 48.7 Å². The number of anilines is 2. The second kappa shape index (κ2) is 7.91. The molecule has 1 unspecified atom stereocenters. The van der Waals surface area contributed by atoms with Gasteiger partial charge in [-0.1, -0.05) is 36.7 Å². The van der Waals surface area contributed by atoms with Gasteiger partial charge in [-0.15, -0.1) is 0 Å². The predicted molar refractivity (Wildman–Crippen MR) is 114 cm³/mol. The summed E-state index contributed by atoms with van der Waals surface area (Å²) in [6, 6.07) is 11.0. The number of fused-ring (bicyclic) bond motifs is 1. The molecule has 154 valence electrons. The third-order valence-electron chi connectivity index (χ3n) is 5.07. The quantitative estimate of drug-likeness (QED) is 0.619. The molecular weight excluding hydrogens is 407 g/mol. The van der Waals surface area contributed by atoms with Crippen molar-refractivity contribution in [2.75, 3.05) is 10.6 Å². The van der Waals surface area contributed by atoms with Crippen LogP contribution in [0.25, 0.3) is 11.1 Å². The molecule has 1 atom stereocenters. The Kier molecular flexibility index (Phi) is 5.30.